The van der Waals surface area contributed by atoms with Crippen LogP contribution < -0.4 is 9.64 Å². The summed E-state index contributed by atoms with van der Waals surface area (Å²) in [6.07, 6.45) is 7.61. The topological polar surface area (TPSA) is 76.3 Å². The predicted molar refractivity (Wildman–Crippen MR) is 72.6 cm³/mol. The summed E-state index contributed by atoms with van der Waals surface area (Å²) in [4.78, 5) is 10.2. The van der Waals surface area contributed by atoms with Gasteiger partial charge in [0.1, 0.15) is 18.0 Å². The summed E-state index contributed by atoms with van der Waals surface area (Å²) in [5.74, 6) is 1.43. The second kappa shape index (κ2) is 5.46. The second-order valence-electron chi connectivity index (χ2n) is 4.72. The van der Waals surface area contributed by atoms with Gasteiger partial charge in [-0.15, -0.1) is 0 Å². The minimum atomic E-state index is -0.554. The van der Waals surface area contributed by atoms with Crippen LogP contribution in [-0.2, 0) is 6.54 Å². The first-order chi connectivity index (χ1) is 9.76. The molecule has 0 radical (unpaired) electrons. The zero-order valence-electron chi connectivity index (χ0n) is 11.3. The van der Waals surface area contributed by atoms with Crippen LogP contribution in [0.5, 0.6) is 5.75 Å². The average molecular weight is 275 g/mol. The number of nitrogens with zero attached hydrogens (tertiary/aromatic N) is 5. The number of β-amino-alcohol motifs (C(OH)–C–C–N with tert-alkyl or cyclic N) is 1. The molecule has 0 spiro atoms. The van der Waals surface area contributed by atoms with E-state index in [1.807, 2.05) is 18.0 Å². The fourth-order valence-electron chi connectivity index (χ4n) is 2.27. The first-order valence-electron chi connectivity index (χ1n) is 6.64. The maximum atomic E-state index is 10.1. The number of ether oxygens (including phenoxy) is 1. The molecular weight excluding hydrogens is 258 g/mol. The van der Waals surface area contributed by atoms with E-state index in [2.05, 4.69) is 15.1 Å². The first kappa shape index (κ1) is 12.9. The molecule has 0 bridgehead atoms. The molecule has 2 aromatic heterocycles. The normalized spacial score (nSPS) is 22.2. The lowest BCUT2D eigenvalue weighted by Crippen LogP contribution is -2.29. The Hall–Kier alpha value is -2.15. The zero-order chi connectivity index (χ0) is 13.9. The summed E-state index contributed by atoms with van der Waals surface area (Å²) in [7, 11) is 0. The molecule has 7 nitrogen and oxygen atoms in total. The van der Waals surface area contributed by atoms with Gasteiger partial charge in [-0.05, 0) is 6.92 Å². The molecule has 7 heteroatoms. The Kier molecular flexibility index (Phi) is 3.51. The molecule has 1 fully saturated rings. The van der Waals surface area contributed by atoms with E-state index in [9.17, 15) is 5.11 Å². The van der Waals surface area contributed by atoms with Crippen LogP contribution in [-0.4, -0.2) is 50.2 Å². The molecule has 2 aromatic rings. The highest BCUT2D eigenvalue weighted by molar-refractivity contribution is 5.38. The highest BCUT2D eigenvalue weighted by Gasteiger charge is 2.34. The smallest absolute Gasteiger partial charge is 0.157 e. The van der Waals surface area contributed by atoms with E-state index in [1.54, 1.807) is 29.5 Å². The summed E-state index contributed by atoms with van der Waals surface area (Å²) >= 11 is 0. The van der Waals surface area contributed by atoms with E-state index < -0.39 is 6.10 Å². The van der Waals surface area contributed by atoms with Crippen molar-refractivity contribution in [3.05, 3.63) is 31.0 Å². The number of aliphatic hydroxyl groups excluding tert-OH is 1. The molecule has 0 aromatic carbocycles. The van der Waals surface area contributed by atoms with Crippen molar-refractivity contribution < 1.29 is 9.84 Å². The lowest BCUT2D eigenvalue weighted by molar-refractivity contribution is 0.0737. The summed E-state index contributed by atoms with van der Waals surface area (Å²) in [5, 5.41) is 14.3. The maximum absolute atomic E-state index is 10.1. The van der Waals surface area contributed by atoms with E-state index in [4.69, 9.17) is 4.74 Å². The fourth-order valence-corrected chi connectivity index (χ4v) is 2.27. The number of aromatic nitrogens is 4. The lowest BCUT2D eigenvalue weighted by Gasteiger charge is -2.16. The minimum absolute atomic E-state index is 0.286. The largest absolute Gasteiger partial charge is 0.482 e. The van der Waals surface area contributed by atoms with Crippen molar-refractivity contribution >= 4 is 5.82 Å². The van der Waals surface area contributed by atoms with Crippen LogP contribution >= 0.6 is 0 Å². The third-order valence-corrected chi connectivity index (χ3v) is 3.33. The molecular formula is C13H17N5O2. The van der Waals surface area contributed by atoms with Gasteiger partial charge in [0, 0.05) is 25.5 Å². The number of aryl methyl sites for hydroxylation is 1. The minimum Gasteiger partial charge on any atom is -0.482 e. The van der Waals surface area contributed by atoms with Gasteiger partial charge >= 0.3 is 0 Å². The van der Waals surface area contributed by atoms with Crippen LogP contribution in [0.1, 0.15) is 6.92 Å². The van der Waals surface area contributed by atoms with Gasteiger partial charge in [-0.3, -0.25) is 9.67 Å². The van der Waals surface area contributed by atoms with Crippen molar-refractivity contribution in [2.45, 2.75) is 25.7 Å². The van der Waals surface area contributed by atoms with E-state index in [0.717, 1.165) is 12.4 Å². The summed E-state index contributed by atoms with van der Waals surface area (Å²) in [6, 6.07) is 0. The SMILES string of the molecule is CCn1cc(O[C@@H]2CN(c3cnccn3)C[C@H]2O)cn1. The standard InChI is InChI=1S/C13H17N5O2/c1-2-18-7-10(5-16-18)20-12-9-17(8-11(12)19)13-6-14-3-4-15-13/h3-7,11-12,19H,2,8-9H2,1H3/t11-,12-/m1/s1. The molecule has 0 saturated carbocycles. The second-order valence-corrected chi connectivity index (χ2v) is 4.72. The Labute approximate surface area is 116 Å². The quantitative estimate of drug-likeness (QED) is 0.866. The highest BCUT2D eigenvalue weighted by Crippen LogP contribution is 2.21. The Balaban J connectivity index is 1.66. The highest BCUT2D eigenvalue weighted by atomic mass is 16.5. The van der Waals surface area contributed by atoms with Gasteiger partial charge in [0.2, 0.25) is 0 Å². The van der Waals surface area contributed by atoms with Crippen LogP contribution in [0.25, 0.3) is 0 Å². The van der Waals surface area contributed by atoms with E-state index in [1.165, 1.54) is 0 Å². The van der Waals surface area contributed by atoms with Crippen molar-refractivity contribution in [3.8, 4) is 5.75 Å². The monoisotopic (exact) mass is 275 g/mol. The van der Waals surface area contributed by atoms with Crippen LogP contribution in [0.3, 0.4) is 0 Å². The van der Waals surface area contributed by atoms with Gasteiger partial charge < -0.3 is 14.7 Å². The Morgan fingerprint density at radius 1 is 1.35 bits per heavy atom. The van der Waals surface area contributed by atoms with Crippen molar-refractivity contribution in [1.82, 2.24) is 19.7 Å². The summed E-state index contributed by atoms with van der Waals surface area (Å²) in [6.45, 7) is 3.88. The van der Waals surface area contributed by atoms with Crippen LogP contribution in [0, 0.1) is 0 Å². The van der Waals surface area contributed by atoms with Gasteiger partial charge in [0.15, 0.2) is 5.75 Å². The lowest BCUT2D eigenvalue weighted by atomic mass is 10.3. The molecule has 0 aliphatic carbocycles. The molecule has 1 N–H and O–H groups in total. The fraction of sp³-hybridized carbons (Fsp3) is 0.462. The van der Waals surface area contributed by atoms with Crippen molar-refractivity contribution in [2.24, 2.45) is 0 Å². The molecule has 1 aliphatic rings. The van der Waals surface area contributed by atoms with Gasteiger partial charge in [0.25, 0.3) is 0 Å². The molecule has 1 aliphatic heterocycles. The van der Waals surface area contributed by atoms with Gasteiger partial charge in [-0.1, -0.05) is 0 Å². The molecule has 0 unspecified atom stereocenters. The number of anilines is 1. The molecule has 3 rings (SSSR count). The summed E-state index contributed by atoms with van der Waals surface area (Å²) < 4.78 is 7.59. The Bertz CT molecular complexity index is 559. The number of rotatable bonds is 4. The predicted octanol–water partition coefficient (Wildman–Crippen LogP) is 0.321. The molecule has 3 heterocycles. The van der Waals surface area contributed by atoms with Crippen LogP contribution in [0.15, 0.2) is 31.0 Å². The molecule has 20 heavy (non-hydrogen) atoms. The molecule has 1 saturated heterocycles. The Morgan fingerprint density at radius 3 is 2.95 bits per heavy atom. The zero-order valence-corrected chi connectivity index (χ0v) is 11.3. The van der Waals surface area contributed by atoms with E-state index in [0.29, 0.717) is 18.8 Å². The van der Waals surface area contributed by atoms with Gasteiger partial charge in [-0.25, -0.2) is 4.98 Å². The van der Waals surface area contributed by atoms with Crippen LogP contribution in [0.2, 0.25) is 0 Å². The molecule has 106 valence electrons. The third kappa shape index (κ3) is 2.57. The molecule has 0 amide bonds. The van der Waals surface area contributed by atoms with E-state index >= 15 is 0 Å². The van der Waals surface area contributed by atoms with Gasteiger partial charge in [-0.2, -0.15) is 5.10 Å². The Morgan fingerprint density at radius 2 is 2.25 bits per heavy atom. The van der Waals surface area contributed by atoms with Gasteiger partial charge in [0.05, 0.1) is 25.1 Å². The molecule has 2 atom stereocenters. The summed E-state index contributed by atoms with van der Waals surface area (Å²) in [5.41, 5.74) is 0. The van der Waals surface area contributed by atoms with E-state index in [-0.39, 0.29) is 6.10 Å². The first-order valence-corrected chi connectivity index (χ1v) is 6.64. The van der Waals surface area contributed by atoms with Crippen molar-refractivity contribution in [1.29, 1.82) is 0 Å². The maximum Gasteiger partial charge on any atom is 0.157 e. The number of aliphatic hydroxyl groups is 1. The third-order valence-electron chi connectivity index (χ3n) is 3.33. The number of hydrogen-bond donors (Lipinski definition) is 1. The number of hydrogen-bond acceptors (Lipinski definition) is 6. The average Bonchev–Trinajstić information content (AvgIpc) is 3.08. The van der Waals surface area contributed by atoms with Crippen LogP contribution in [0.4, 0.5) is 5.82 Å². The van der Waals surface area contributed by atoms with Crippen molar-refractivity contribution in [3.63, 3.8) is 0 Å². The van der Waals surface area contributed by atoms with Crippen molar-refractivity contribution in [2.75, 3.05) is 18.0 Å².